The van der Waals surface area contributed by atoms with Crippen LogP contribution in [0.2, 0.25) is 0 Å². The summed E-state index contributed by atoms with van der Waals surface area (Å²) in [7, 11) is 0. The normalized spacial score (nSPS) is 24.1. The van der Waals surface area contributed by atoms with Gasteiger partial charge in [0.1, 0.15) is 18.2 Å². The molecule has 2 fully saturated rings. The molecule has 0 saturated carbocycles. The fourth-order valence-electron chi connectivity index (χ4n) is 4.11. The van der Waals surface area contributed by atoms with Crippen molar-refractivity contribution in [3.63, 3.8) is 0 Å². The number of benzene rings is 1. The van der Waals surface area contributed by atoms with Crippen LogP contribution in [0.15, 0.2) is 30.3 Å². The molecule has 31 heavy (non-hydrogen) atoms. The predicted octanol–water partition coefficient (Wildman–Crippen LogP) is 2.65. The monoisotopic (exact) mass is 431 g/mol. The molecule has 0 aliphatic carbocycles. The minimum absolute atomic E-state index is 0.165. The summed E-state index contributed by atoms with van der Waals surface area (Å²) < 4.78 is 10.9. The molecule has 0 bridgehead atoms. The Morgan fingerprint density at radius 1 is 1.06 bits per heavy atom. The van der Waals surface area contributed by atoms with E-state index in [1.165, 1.54) is 4.90 Å². The molecule has 8 nitrogen and oxygen atoms in total. The molecule has 0 radical (unpaired) electrons. The molecule has 2 saturated heterocycles. The van der Waals surface area contributed by atoms with Crippen molar-refractivity contribution in [3.8, 4) is 0 Å². The molecule has 2 amide bonds. The van der Waals surface area contributed by atoms with Crippen LogP contribution >= 0.6 is 0 Å². The van der Waals surface area contributed by atoms with Gasteiger partial charge in [-0.2, -0.15) is 0 Å². The number of amides is 2. The highest BCUT2D eigenvalue weighted by atomic mass is 16.6. The van der Waals surface area contributed by atoms with Crippen molar-refractivity contribution >= 4 is 18.0 Å². The molecule has 170 valence electrons. The molecular weight excluding hydrogens is 398 g/mol. The van der Waals surface area contributed by atoms with E-state index < -0.39 is 23.9 Å². The summed E-state index contributed by atoms with van der Waals surface area (Å²) in [5.74, 6) is -0.778. The van der Waals surface area contributed by atoms with Crippen LogP contribution in [-0.2, 0) is 25.7 Å². The average molecular weight is 432 g/mol. The van der Waals surface area contributed by atoms with Crippen LogP contribution in [0.4, 0.5) is 4.79 Å². The first kappa shape index (κ1) is 23.1. The molecule has 1 aromatic carbocycles. The predicted molar refractivity (Wildman–Crippen MR) is 115 cm³/mol. The van der Waals surface area contributed by atoms with Crippen LogP contribution in [0, 0.1) is 5.92 Å². The standard InChI is InChI=1S/C23H33N3O5/c1-23(2,3)31-21(28)17-11-13-26(19(24)14-17)20(27)18-10-7-12-25(18)22(29)30-15-16-8-5-4-6-9-16/h4-6,8-9,17-19H,7,10-15,24H2,1-3H3/t17-,18+,19+/m1/s1. The van der Waals surface area contributed by atoms with Crippen LogP contribution in [-0.4, -0.2) is 58.7 Å². The van der Waals surface area contributed by atoms with Gasteiger partial charge in [0.15, 0.2) is 0 Å². The van der Waals surface area contributed by atoms with E-state index in [9.17, 15) is 14.4 Å². The first-order valence-corrected chi connectivity index (χ1v) is 10.9. The Morgan fingerprint density at radius 3 is 2.42 bits per heavy atom. The molecule has 0 aromatic heterocycles. The van der Waals surface area contributed by atoms with Gasteiger partial charge in [0.2, 0.25) is 5.91 Å². The highest BCUT2D eigenvalue weighted by Gasteiger charge is 2.41. The van der Waals surface area contributed by atoms with Gasteiger partial charge in [0.25, 0.3) is 0 Å². The van der Waals surface area contributed by atoms with E-state index in [4.69, 9.17) is 15.2 Å². The van der Waals surface area contributed by atoms with Crippen molar-refractivity contribution in [1.29, 1.82) is 0 Å². The van der Waals surface area contributed by atoms with Gasteiger partial charge in [-0.25, -0.2) is 4.79 Å². The third-order valence-electron chi connectivity index (χ3n) is 5.65. The number of hydrogen-bond donors (Lipinski definition) is 1. The minimum atomic E-state index is -0.582. The number of nitrogens with two attached hydrogens (primary N) is 1. The topological polar surface area (TPSA) is 102 Å². The Labute approximate surface area is 183 Å². The first-order valence-electron chi connectivity index (χ1n) is 10.9. The van der Waals surface area contributed by atoms with Gasteiger partial charge in [-0.1, -0.05) is 30.3 Å². The molecule has 3 atom stereocenters. The summed E-state index contributed by atoms with van der Waals surface area (Å²) in [4.78, 5) is 41.3. The zero-order chi connectivity index (χ0) is 22.6. The zero-order valence-electron chi connectivity index (χ0n) is 18.6. The van der Waals surface area contributed by atoms with Crippen LogP contribution < -0.4 is 5.73 Å². The lowest BCUT2D eigenvalue weighted by Crippen LogP contribution is -2.57. The summed E-state index contributed by atoms with van der Waals surface area (Å²) in [6.07, 6.45) is 1.10. The molecule has 2 N–H and O–H groups in total. The minimum Gasteiger partial charge on any atom is -0.460 e. The molecule has 1 aromatic rings. The van der Waals surface area contributed by atoms with Gasteiger partial charge in [-0.05, 0) is 52.0 Å². The molecule has 3 rings (SSSR count). The smallest absolute Gasteiger partial charge is 0.410 e. The van der Waals surface area contributed by atoms with E-state index in [1.54, 1.807) is 4.90 Å². The first-order chi connectivity index (χ1) is 14.7. The number of carbonyl (C=O) groups excluding carboxylic acids is 3. The van der Waals surface area contributed by atoms with Gasteiger partial charge in [0.05, 0.1) is 12.1 Å². The molecule has 2 aliphatic heterocycles. The molecular formula is C23H33N3O5. The molecule has 8 heteroatoms. The Morgan fingerprint density at radius 2 is 1.77 bits per heavy atom. The van der Waals surface area contributed by atoms with Crippen molar-refractivity contribution in [2.75, 3.05) is 13.1 Å². The third kappa shape index (κ3) is 5.97. The molecule has 2 aliphatic rings. The number of likely N-dealkylation sites (tertiary alicyclic amines) is 2. The quantitative estimate of drug-likeness (QED) is 0.736. The van der Waals surface area contributed by atoms with Crippen molar-refractivity contribution in [3.05, 3.63) is 35.9 Å². The van der Waals surface area contributed by atoms with Crippen LogP contribution in [0.25, 0.3) is 0 Å². The van der Waals surface area contributed by atoms with Gasteiger partial charge in [-0.3, -0.25) is 14.5 Å². The van der Waals surface area contributed by atoms with Gasteiger partial charge in [-0.15, -0.1) is 0 Å². The summed E-state index contributed by atoms with van der Waals surface area (Å²) >= 11 is 0. The SMILES string of the molecule is CC(C)(C)OC(=O)[C@@H]1CCN(C(=O)[C@@H]2CCCN2C(=O)OCc2ccccc2)[C@H](N)C1. The van der Waals surface area contributed by atoms with Gasteiger partial charge < -0.3 is 20.1 Å². The van der Waals surface area contributed by atoms with Gasteiger partial charge >= 0.3 is 12.1 Å². The van der Waals surface area contributed by atoms with Crippen LogP contribution in [0.5, 0.6) is 0 Å². The largest absolute Gasteiger partial charge is 0.460 e. The average Bonchev–Trinajstić information content (AvgIpc) is 3.21. The fraction of sp³-hybridized carbons (Fsp3) is 0.609. The number of esters is 1. The number of carbonyl (C=O) groups is 3. The molecule has 0 unspecified atom stereocenters. The third-order valence-corrected chi connectivity index (χ3v) is 5.65. The lowest BCUT2D eigenvalue weighted by molar-refractivity contribution is -0.164. The maximum atomic E-state index is 13.2. The van der Waals surface area contributed by atoms with E-state index in [0.29, 0.717) is 32.4 Å². The number of nitrogens with zero attached hydrogens (tertiary/aromatic N) is 2. The second-order valence-corrected chi connectivity index (χ2v) is 9.25. The van der Waals surface area contributed by atoms with Crippen molar-refractivity contribution in [2.45, 2.75) is 70.9 Å². The van der Waals surface area contributed by atoms with Crippen molar-refractivity contribution in [1.82, 2.24) is 9.80 Å². The maximum Gasteiger partial charge on any atom is 0.410 e. The number of hydrogen-bond acceptors (Lipinski definition) is 6. The van der Waals surface area contributed by atoms with E-state index >= 15 is 0 Å². The number of piperidine rings is 1. The maximum absolute atomic E-state index is 13.2. The van der Waals surface area contributed by atoms with E-state index in [1.807, 2.05) is 51.1 Å². The zero-order valence-corrected chi connectivity index (χ0v) is 18.6. The van der Waals surface area contributed by atoms with E-state index in [0.717, 1.165) is 12.0 Å². The molecule has 0 spiro atoms. The Bertz CT molecular complexity index is 792. The highest BCUT2D eigenvalue weighted by Crippen LogP contribution is 2.27. The van der Waals surface area contributed by atoms with E-state index in [2.05, 4.69) is 0 Å². The Hall–Kier alpha value is -2.61. The Kier molecular flexibility index (Phi) is 7.20. The summed E-state index contributed by atoms with van der Waals surface area (Å²) in [6.45, 7) is 6.50. The number of rotatable bonds is 4. The van der Waals surface area contributed by atoms with Crippen LogP contribution in [0.1, 0.15) is 52.0 Å². The van der Waals surface area contributed by atoms with Crippen molar-refractivity contribution < 1.29 is 23.9 Å². The Balaban J connectivity index is 1.56. The summed E-state index contributed by atoms with van der Waals surface area (Å²) in [6, 6.07) is 8.85. The lowest BCUT2D eigenvalue weighted by atomic mass is 9.93. The molecule has 2 heterocycles. The van der Waals surface area contributed by atoms with Crippen molar-refractivity contribution in [2.24, 2.45) is 11.7 Å². The van der Waals surface area contributed by atoms with Crippen LogP contribution in [0.3, 0.4) is 0 Å². The lowest BCUT2D eigenvalue weighted by Gasteiger charge is -2.39. The van der Waals surface area contributed by atoms with E-state index in [-0.39, 0.29) is 24.4 Å². The summed E-state index contributed by atoms with van der Waals surface area (Å²) in [5, 5.41) is 0. The van der Waals surface area contributed by atoms with Gasteiger partial charge in [0, 0.05) is 13.1 Å². The second kappa shape index (κ2) is 9.68. The second-order valence-electron chi connectivity index (χ2n) is 9.25. The number of ether oxygens (including phenoxy) is 2. The summed E-state index contributed by atoms with van der Waals surface area (Å²) in [5.41, 5.74) is 6.59. The highest BCUT2D eigenvalue weighted by molar-refractivity contribution is 5.87. The fourth-order valence-corrected chi connectivity index (χ4v) is 4.11.